The molecule has 0 aromatic heterocycles. The highest BCUT2D eigenvalue weighted by atomic mass is 16.1. The Kier molecular flexibility index (Phi) is 4.76. The minimum Gasteiger partial charge on any atom is -0.326 e. The van der Waals surface area contributed by atoms with E-state index in [1.807, 2.05) is 31.2 Å². The van der Waals surface area contributed by atoms with Gasteiger partial charge >= 0.3 is 0 Å². The van der Waals surface area contributed by atoms with Crippen molar-refractivity contribution >= 4 is 11.6 Å². The third-order valence-electron chi connectivity index (χ3n) is 3.48. The summed E-state index contributed by atoms with van der Waals surface area (Å²) in [6, 6.07) is 8.53. The Morgan fingerprint density at radius 2 is 1.89 bits per heavy atom. The van der Waals surface area contributed by atoms with Crippen LogP contribution in [-0.4, -0.2) is 18.5 Å². The first-order valence-corrected chi connectivity index (χ1v) is 6.84. The summed E-state index contributed by atoms with van der Waals surface area (Å²) in [6.45, 7) is 2.82. The molecular weight excluding hydrogens is 224 g/mol. The minimum atomic E-state index is 0.0874. The Morgan fingerprint density at radius 1 is 1.22 bits per heavy atom. The molecule has 2 N–H and O–H groups in total. The normalized spacial score (nSPS) is 15.8. The average Bonchev–Trinajstić information content (AvgIpc) is 2.85. The molecule has 0 bridgehead atoms. The number of rotatable bonds is 5. The Morgan fingerprint density at radius 3 is 2.56 bits per heavy atom. The van der Waals surface area contributed by atoms with E-state index >= 15 is 0 Å². The molecule has 2 rings (SSSR count). The molecule has 3 heteroatoms. The predicted molar refractivity (Wildman–Crippen MR) is 74.7 cm³/mol. The quantitative estimate of drug-likeness (QED) is 0.838. The highest BCUT2D eigenvalue weighted by Gasteiger charge is 2.14. The van der Waals surface area contributed by atoms with Gasteiger partial charge in [0, 0.05) is 24.7 Å². The SMILES string of the molecule is Cc1ccc(NC(=O)CCNC2CCCC2)cc1. The van der Waals surface area contributed by atoms with Crippen LogP contribution in [0.4, 0.5) is 5.69 Å². The highest BCUT2D eigenvalue weighted by Crippen LogP contribution is 2.17. The van der Waals surface area contributed by atoms with Crippen LogP contribution in [0.3, 0.4) is 0 Å². The van der Waals surface area contributed by atoms with Gasteiger partial charge < -0.3 is 10.6 Å². The summed E-state index contributed by atoms with van der Waals surface area (Å²) in [6.07, 6.45) is 5.73. The number of aryl methyl sites for hydroxylation is 1. The van der Waals surface area contributed by atoms with Crippen LogP contribution in [0.1, 0.15) is 37.7 Å². The maximum atomic E-state index is 11.7. The summed E-state index contributed by atoms with van der Waals surface area (Å²) in [5, 5.41) is 6.36. The third kappa shape index (κ3) is 4.15. The van der Waals surface area contributed by atoms with E-state index < -0.39 is 0 Å². The van der Waals surface area contributed by atoms with Gasteiger partial charge in [0.1, 0.15) is 0 Å². The first-order chi connectivity index (χ1) is 8.74. The van der Waals surface area contributed by atoms with Crippen molar-refractivity contribution in [2.45, 2.75) is 45.1 Å². The summed E-state index contributed by atoms with van der Waals surface area (Å²) in [4.78, 5) is 11.7. The van der Waals surface area contributed by atoms with Crippen molar-refractivity contribution < 1.29 is 4.79 Å². The van der Waals surface area contributed by atoms with Gasteiger partial charge in [0.2, 0.25) is 5.91 Å². The maximum absolute atomic E-state index is 11.7. The van der Waals surface area contributed by atoms with Crippen molar-refractivity contribution in [3.05, 3.63) is 29.8 Å². The zero-order valence-electron chi connectivity index (χ0n) is 11.0. The number of benzene rings is 1. The average molecular weight is 246 g/mol. The molecule has 0 aliphatic heterocycles. The topological polar surface area (TPSA) is 41.1 Å². The minimum absolute atomic E-state index is 0.0874. The molecule has 1 aromatic carbocycles. The van der Waals surface area contributed by atoms with E-state index in [9.17, 15) is 4.79 Å². The van der Waals surface area contributed by atoms with Crippen molar-refractivity contribution in [2.24, 2.45) is 0 Å². The summed E-state index contributed by atoms with van der Waals surface area (Å²) in [5.74, 6) is 0.0874. The standard InChI is InChI=1S/C15H22N2O/c1-12-6-8-14(9-7-12)17-15(18)10-11-16-13-4-2-3-5-13/h6-9,13,16H,2-5,10-11H2,1H3,(H,17,18). The van der Waals surface area contributed by atoms with E-state index in [1.54, 1.807) is 0 Å². The lowest BCUT2D eigenvalue weighted by atomic mass is 10.2. The Labute approximate surface area is 109 Å². The second kappa shape index (κ2) is 6.55. The lowest BCUT2D eigenvalue weighted by Gasteiger charge is -2.11. The summed E-state index contributed by atoms with van der Waals surface area (Å²) < 4.78 is 0. The summed E-state index contributed by atoms with van der Waals surface area (Å²) in [5.41, 5.74) is 2.09. The number of anilines is 1. The van der Waals surface area contributed by atoms with Crippen LogP contribution in [0.5, 0.6) is 0 Å². The number of carbonyl (C=O) groups excluding carboxylic acids is 1. The molecule has 1 aliphatic carbocycles. The molecule has 98 valence electrons. The number of nitrogens with one attached hydrogen (secondary N) is 2. The van der Waals surface area contributed by atoms with Gasteiger partial charge in [-0.3, -0.25) is 4.79 Å². The van der Waals surface area contributed by atoms with Gasteiger partial charge in [-0.05, 0) is 31.9 Å². The first-order valence-electron chi connectivity index (χ1n) is 6.84. The van der Waals surface area contributed by atoms with Crippen LogP contribution in [0.25, 0.3) is 0 Å². The van der Waals surface area contributed by atoms with Crippen LogP contribution in [0.15, 0.2) is 24.3 Å². The smallest absolute Gasteiger partial charge is 0.225 e. The molecule has 0 heterocycles. The fraction of sp³-hybridized carbons (Fsp3) is 0.533. The largest absolute Gasteiger partial charge is 0.326 e. The van der Waals surface area contributed by atoms with Gasteiger partial charge in [-0.2, -0.15) is 0 Å². The Hall–Kier alpha value is -1.35. The molecule has 1 saturated carbocycles. The summed E-state index contributed by atoms with van der Waals surface area (Å²) >= 11 is 0. The molecule has 18 heavy (non-hydrogen) atoms. The molecule has 0 spiro atoms. The summed E-state index contributed by atoms with van der Waals surface area (Å²) in [7, 11) is 0. The highest BCUT2D eigenvalue weighted by molar-refractivity contribution is 5.90. The molecule has 0 unspecified atom stereocenters. The number of carbonyl (C=O) groups is 1. The van der Waals surface area contributed by atoms with E-state index in [4.69, 9.17) is 0 Å². The lowest BCUT2D eigenvalue weighted by molar-refractivity contribution is -0.116. The van der Waals surface area contributed by atoms with Crippen LogP contribution in [0.2, 0.25) is 0 Å². The van der Waals surface area contributed by atoms with Gasteiger partial charge in [-0.1, -0.05) is 30.5 Å². The van der Waals surface area contributed by atoms with Gasteiger partial charge in [-0.25, -0.2) is 0 Å². The van der Waals surface area contributed by atoms with Gasteiger partial charge in [0.05, 0.1) is 0 Å². The zero-order valence-corrected chi connectivity index (χ0v) is 11.0. The van der Waals surface area contributed by atoms with Crippen molar-refractivity contribution in [3.8, 4) is 0 Å². The molecule has 3 nitrogen and oxygen atoms in total. The fourth-order valence-corrected chi connectivity index (χ4v) is 2.38. The van der Waals surface area contributed by atoms with E-state index in [2.05, 4.69) is 10.6 Å². The maximum Gasteiger partial charge on any atom is 0.225 e. The third-order valence-corrected chi connectivity index (χ3v) is 3.48. The fourth-order valence-electron chi connectivity index (χ4n) is 2.38. The van der Waals surface area contributed by atoms with Crippen molar-refractivity contribution in [1.29, 1.82) is 0 Å². The number of hydrogen-bond donors (Lipinski definition) is 2. The molecule has 1 fully saturated rings. The predicted octanol–water partition coefficient (Wildman–Crippen LogP) is 2.86. The van der Waals surface area contributed by atoms with Crippen LogP contribution in [0, 0.1) is 6.92 Å². The molecule has 0 saturated heterocycles. The van der Waals surface area contributed by atoms with Crippen molar-refractivity contribution in [2.75, 3.05) is 11.9 Å². The van der Waals surface area contributed by atoms with Crippen molar-refractivity contribution in [1.82, 2.24) is 5.32 Å². The number of amides is 1. The van der Waals surface area contributed by atoms with E-state index in [-0.39, 0.29) is 5.91 Å². The van der Waals surface area contributed by atoms with Crippen molar-refractivity contribution in [3.63, 3.8) is 0 Å². The lowest BCUT2D eigenvalue weighted by Crippen LogP contribution is -2.29. The van der Waals surface area contributed by atoms with E-state index in [0.29, 0.717) is 12.5 Å². The monoisotopic (exact) mass is 246 g/mol. The molecular formula is C15H22N2O. The van der Waals surface area contributed by atoms with Gasteiger partial charge in [0.15, 0.2) is 0 Å². The second-order valence-corrected chi connectivity index (χ2v) is 5.10. The molecule has 1 aliphatic rings. The Bertz CT molecular complexity index is 380. The van der Waals surface area contributed by atoms with Crippen LogP contribution in [-0.2, 0) is 4.79 Å². The van der Waals surface area contributed by atoms with Crippen LogP contribution < -0.4 is 10.6 Å². The number of hydrogen-bond acceptors (Lipinski definition) is 2. The zero-order chi connectivity index (χ0) is 12.8. The first kappa shape index (κ1) is 13.1. The Balaban J connectivity index is 1.66. The van der Waals surface area contributed by atoms with E-state index in [1.165, 1.54) is 31.2 Å². The van der Waals surface area contributed by atoms with Gasteiger partial charge in [0.25, 0.3) is 0 Å². The molecule has 1 aromatic rings. The van der Waals surface area contributed by atoms with Gasteiger partial charge in [-0.15, -0.1) is 0 Å². The second-order valence-electron chi connectivity index (χ2n) is 5.10. The van der Waals surface area contributed by atoms with E-state index in [0.717, 1.165) is 12.2 Å². The molecule has 0 radical (unpaired) electrons. The molecule has 0 atom stereocenters. The van der Waals surface area contributed by atoms with Crippen LogP contribution >= 0.6 is 0 Å². The molecule has 1 amide bonds.